The summed E-state index contributed by atoms with van der Waals surface area (Å²) in [5, 5.41) is 3.08. The second-order valence-corrected chi connectivity index (χ2v) is 5.96. The van der Waals surface area contributed by atoms with Crippen LogP contribution in [-0.2, 0) is 9.53 Å². The van der Waals surface area contributed by atoms with Gasteiger partial charge in [0.05, 0.1) is 24.6 Å². The first kappa shape index (κ1) is 15.3. The number of anilines is 2. The van der Waals surface area contributed by atoms with E-state index in [0.29, 0.717) is 6.42 Å². The van der Waals surface area contributed by atoms with E-state index >= 15 is 0 Å². The summed E-state index contributed by atoms with van der Waals surface area (Å²) in [7, 11) is 0. The topological polar surface area (TPSA) is 44.8 Å². The highest BCUT2D eigenvalue weighted by Gasteiger charge is 2.17. The van der Waals surface area contributed by atoms with Gasteiger partial charge in [0, 0.05) is 26.1 Å². The Morgan fingerprint density at radius 2 is 1.82 bits per heavy atom. The van der Waals surface area contributed by atoms with Crippen molar-refractivity contribution < 1.29 is 9.53 Å². The van der Waals surface area contributed by atoms with E-state index in [9.17, 15) is 4.79 Å². The fourth-order valence-electron chi connectivity index (χ4n) is 3.14. The molecule has 1 aromatic rings. The number of morpholine rings is 1. The van der Waals surface area contributed by atoms with Crippen LogP contribution in [0.4, 0.5) is 11.4 Å². The molecular formula is C17H25N3O2. The number of carbonyl (C=O) groups is 1. The van der Waals surface area contributed by atoms with Gasteiger partial charge in [-0.2, -0.15) is 0 Å². The second kappa shape index (κ2) is 7.61. The third-order valence-electron chi connectivity index (χ3n) is 4.38. The maximum atomic E-state index is 12.2. The van der Waals surface area contributed by atoms with Gasteiger partial charge < -0.3 is 19.9 Å². The van der Waals surface area contributed by atoms with Crippen LogP contribution in [0.25, 0.3) is 0 Å². The van der Waals surface area contributed by atoms with Crippen molar-refractivity contribution in [2.45, 2.75) is 19.3 Å². The van der Waals surface area contributed by atoms with Crippen LogP contribution in [0.15, 0.2) is 24.3 Å². The molecule has 2 aliphatic rings. The van der Waals surface area contributed by atoms with Crippen molar-refractivity contribution in [3.05, 3.63) is 24.3 Å². The summed E-state index contributed by atoms with van der Waals surface area (Å²) < 4.78 is 5.40. The van der Waals surface area contributed by atoms with Crippen LogP contribution in [0.2, 0.25) is 0 Å². The van der Waals surface area contributed by atoms with Gasteiger partial charge in [0.15, 0.2) is 0 Å². The number of hydrogen-bond donors (Lipinski definition) is 1. The summed E-state index contributed by atoms with van der Waals surface area (Å²) in [6.07, 6.45) is 3.10. The molecule has 0 spiro atoms. The van der Waals surface area contributed by atoms with Crippen LogP contribution in [0, 0.1) is 0 Å². The molecule has 0 aromatic heterocycles. The molecule has 1 aromatic carbocycles. The average Bonchev–Trinajstić information content (AvgIpc) is 3.08. The van der Waals surface area contributed by atoms with Gasteiger partial charge in [0.2, 0.25) is 5.91 Å². The lowest BCUT2D eigenvalue weighted by molar-refractivity contribution is -0.116. The van der Waals surface area contributed by atoms with Crippen molar-refractivity contribution in [1.82, 2.24) is 4.90 Å². The zero-order valence-electron chi connectivity index (χ0n) is 13.1. The number of amides is 1. The van der Waals surface area contributed by atoms with Crippen LogP contribution >= 0.6 is 0 Å². The molecule has 1 N–H and O–H groups in total. The molecule has 0 unspecified atom stereocenters. The predicted molar refractivity (Wildman–Crippen MR) is 88.4 cm³/mol. The maximum Gasteiger partial charge on any atom is 0.225 e. The monoisotopic (exact) mass is 303 g/mol. The number of benzene rings is 1. The summed E-state index contributed by atoms with van der Waals surface area (Å²) in [6.45, 7) is 6.39. The van der Waals surface area contributed by atoms with Crippen molar-refractivity contribution in [2.24, 2.45) is 0 Å². The first-order chi connectivity index (χ1) is 10.8. The maximum absolute atomic E-state index is 12.2. The standard InChI is InChI=1S/C17H25N3O2/c21-17(7-10-19-8-3-4-9-19)18-15-5-1-2-6-16(15)20-11-13-22-14-12-20/h1-2,5-6H,3-4,7-14H2,(H,18,21). The second-order valence-electron chi connectivity index (χ2n) is 5.96. The molecule has 5 heteroatoms. The smallest absolute Gasteiger partial charge is 0.225 e. The summed E-state index contributed by atoms with van der Waals surface area (Å²) in [5.41, 5.74) is 2.01. The van der Waals surface area contributed by atoms with Crippen LogP contribution in [0.3, 0.4) is 0 Å². The number of nitrogens with one attached hydrogen (secondary N) is 1. The van der Waals surface area contributed by atoms with Gasteiger partial charge >= 0.3 is 0 Å². The molecule has 120 valence electrons. The number of likely N-dealkylation sites (tertiary alicyclic amines) is 1. The summed E-state index contributed by atoms with van der Waals surface area (Å²) in [4.78, 5) is 16.9. The highest BCUT2D eigenvalue weighted by atomic mass is 16.5. The molecule has 2 aliphatic heterocycles. The molecular weight excluding hydrogens is 278 g/mol. The average molecular weight is 303 g/mol. The van der Waals surface area contributed by atoms with Gasteiger partial charge in [0.25, 0.3) is 0 Å². The van der Waals surface area contributed by atoms with E-state index in [0.717, 1.165) is 57.3 Å². The van der Waals surface area contributed by atoms with Crippen LogP contribution in [0.1, 0.15) is 19.3 Å². The van der Waals surface area contributed by atoms with E-state index in [-0.39, 0.29) is 5.91 Å². The van der Waals surface area contributed by atoms with E-state index in [1.54, 1.807) is 0 Å². The minimum atomic E-state index is 0.104. The molecule has 3 rings (SSSR count). The Labute approximate surface area is 132 Å². The third kappa shape index (κ3) is 3.99. The zero-order chi connectivity index (χ0) is 15.2. The van der Waals surface area contributed by atoms with E-state index in [2.05, 4.69) is 21.2 Å². The lowest BCUT2D eigenvalue weighted by Gasteiger charge is -2.30. The van der Waals surface area contributed by atoms with Crippen LogP contribution in [-0.4, -0.2) is 56.7 Å². The molecule has 0 atom stereocenters. The Balaban J connectivity index is 1.57. The van der Waals surface area contributed by atoms with Crippen LogP contribution in [0.5, 0.6) is 0 Å². The van der Waals surface area contributed by atoms with E-state index in [4.69, 9.17) is 4.74 Å². The molecule has 0 bridgehead atoms. The fourth-order valence-corrected chi connectivity index (χ4v) is 3.14. The minimum Gasteiger partial charge on any atom is -0.378 e. The summed E-state index contributed by atoms with van der Waals surface area (Å²) in [5.74, 6) is 0.104. The molecule has 2 heterocycles. The van der Waals surface area contributed by atoms with Gasteiger partial charge in [-0.25, -0.2) is 0 Å². The van der Waals surface area contributed by atoms with Gasteiger partial charge in [-0.15, -0.1) is 0 Å². The largest absolute Gasteiger partial charge is 0.378 e. The highest BCUT2D eigenvalue weighted by Crippen LogP contribution is 2.26. The quantitative estimate of drug-likeness (QED) is 0.903. The predicted octanol–water partition coefficient (Wildman–Crippen LogP) is 1.95. The first-order valence-corrected chi connectivity index (χ1v) is 8.27. The van der Waals surface area contributed by atoms with Crippen molar-refractivity contribution in [2.75, 3.05) is 56.2 Å². The number of rotatable bonds is 5. The number of nitrogens with zero attached hydrogens (tertiary/aromatic N) is 2. The fraction of sp³-hybridized carbons (Fsp3) is 0.588. The molecule has 22 heavy (non-hydrogen) atoms. The Bertz CT molecular complexity index is 494. The Morgan fingerprint density at radius 1 is 1.09 bits per heavy atom. The lowest BCUT2D eigenvalue weighted by Crippen LogP contribution is -2.36. The molecule has 0 radical (unpaired) electrons. The van der Waals surface area contributed by atoms with Gasteiger partial charge in [-0.3, -0.25) is 4.79 Å². The summed E-state index contributed by atoms with van der Waals surface area (Å²) >= 11 is 0. The van der Waals surface area contributed by atoms with Crippen LogP contribution < -0.4 is 10.2 Å². The Morgan fingerprint density at radius 3 is 2.59 bits per heavy atom. The molecule has 1 amide bonds. The minimum absolute atomic E-state index is 0.104. The number of carbonyl (C=O) groups excluding carboxylic acids is 1. The lowest BCUT2D eigenvalue weighted by atomic mass is 10.2. The molecule has 0 saturated carbocycles. The normalized spacial score (nSPS) is 19.4. The Kier molecular flexibility index (Phi) is 5.29. The van der Waals surface area contributed by atoms with E-state index < -0.39 is 0 Å². The SMILES string of the molecule is O=C(CCN1CCCC1)Nc1ccccc1N1CCOCC1. The van der Waals surface area contributed by atoms with Gasteiger partial charge in [0.1, 0.15) is 0 Å². The Hall–Kier alpha value is -1.59. The van der Waals surface area contributed by atoms with Gasteiger partial charge in [-0.1, -0.05) is 12.1 Å². The van der Waals surface area contributed by atoms with Crippen molar-refractivity contribution in [1.29, 1.82) is 0 Å². The van der Waals surface area contributed by atoms with Gasteiger partial charge in [-0.05, 0) is 38.1 Å². The molecule has 2 saturated heterocycles. The zero-order valence-corrected chi connectivity index (χ0v) is 13.1. The molecule has 0 aliphatic carbocycles. The van der Waals surface area contributed by atoms with Crippen molar-refractivity contribution >= 4 is 17.3 Å². The first-order valence-electron chi connectivity index (χ1n) is 8.27. The highest BCUT2D eigenvalue weighted by molar-refractivity contribution is 5.94. The van der Waals surface area contributed by atoms with Crippen molar-refractivity contribution in [3.63, 3.8) is 0 Å². The van der Waals surface area contributed by atoms with Crippen molar-refractivity contribution in [3.8, 4) is 0 Å². The van der Waals surface area contributed by atoms with E-state index in [1.165, 1.54) is 12.8 Å². The third-order valence-corrected chi connectivity index (χ3v) is 4.38. The number of para-hydroxylation sites is 2. The van der Waals surface area contributed by atoms with E-state index in [1.807, 2.05) is 18.2 Å². The number of ether oxygens (including phenoxy) is 1. The summed E-state index contributed by atoms with van der Waals surface area (Å²) in [6, 6.07) is 8.05. The molecule has 2 fully saturated rings. The number of hydrogen-bond acceptors (Lipinski definition) is 4. The molecule has 5 nitrogen and oxygen atoms in total.